The van der Waals surface area contributed by atoms with Gasteiger partial charge in [0.25, 0.3) is 0 Å². The number of carbonyl (C=O) groups is 1. The summed E-state index contributed by atoms with van der Waals surface area (Å²) in [6.45, 7) is 16.1. The van der Waals surface area contributed by atoms with Gasteiger partial charge in [-0.15, -0.1) is 0 Å². The van der Waals surface area contributed by atoms with Crippen molar-refractivity contribution in [3.05, 3.63) is 37.1 Å². The first-order chi connectivity index (χ1) is 7.35. The van der Waals surface area contributed by atoms with Crippen molar-refractivity contribution in [3.63, 3.8) is 0 Å². The summed E-state index contributed by atoms with van der Waals surface area (Å²) >= 11 is 0. The molecule has 0 N–H and O–H groups in total. The van der Waals surface area contributed by atoms with E-state index < -0.39 is 0 Å². The molecule has 2 nitrogen and oxygen atoms in total. The Morgan fingerprint density at radius 2 is 1.88 bits per heavy atom. The monoisotopic (exact) mass is 221 g/mol. The second-order valence-corrected chi connectivity index (χ2v) is 4.91. The molecule has 0 aromatic carbocycles. The Kier molecular flexibility index (Phi) is 5.79. The van der Waals surface area contributed by atoms with Gasteiger partial charge >= 0.3 is 0 Å². The van der Waals surface area contributed by atoms with Crippen LogP contribution in [0.3, 0.4) is 0 Å². The van der Waals surface area contributed by atoms with E-state index in [0.29, 0.717) is 13.0 Å². The highest BCUT2D eigenvalue weighted by molar-refractivity contribution is 5.79. The van der Waals surface area contributed by atoms with Crippen LogP contribution in [0.5, 0.6) is 0 Å². The summed E-state index contributed by atoms with van der Waals surface area (Å²) in [5.74, 6) is 0.128. The first-order valence-electron chi connectivity index (χ1n) is 5.61. The van der Waals surface area contributed by atoms with E-state index in [1.165, 1.54) is 0 Å². The second kappa shape index (κ2) is 6.31. The van der Waals surface area contributed by atoms with Gasteiger partial charge in [-0.1, -0.05) is 40.0 Å². The lowest BCUT2D eigenvalue weighted by molar-refractivity contribution is -0.130. The van der Waals surface area contributed by atoms with Gasteiger partial charge in [-0.25, -0.2) is 0 Å². The van der Waals surface area contributed by atoms with Crippen molar-refractivity contribution >= 4 is 5.91 Å². The van der Waals surface area contributed by atoms with Gasteiger partial charge in [-0.3, -0.25) is 4.79 Å². The van der Waals surface area contributed by atoms with Gasteiger partial charge < -0.3 is 4.90 Å². The van der Waals surface area contributed by atoms with E-state index in [4.69, 9.17) is 0 Å². The van der Waals surface area contributed by atoms with E-state index in [-0.39, 0.29) is 11.3 Å². The molecule has 1 amide bonds. The average Bonchev–Trinajstić information content (AvgIpc) is 2.14. The number of allylic oxidation sites excluding steroid dienone is 3. The number of amides is 1. The lowest BCUT2D eigenvalue weighted by Crippen LogP contribution is -2.32. The third-order valence-corrected chi connectivity index (χ3v) is 2.11. The average molecular weight is 221 g/mol. The smallest absolute Gasteiger partial charge is 0.227 e. The zero-order chi connectivity index (χ0) is 12.8. The van der Waals surface area contributed by atoms with Gasteiger partial charge in [0.1, 0.15) is 0 Å². The molecule has 0 heterocycles. The van der Waals surface area contributed by atoms with Gasteiger partial charge in [-0.05, 0) is 24.5 Å². The molecule has 0 bridgehead atoms. The van der Waals surface area contributed by atoms with Crippen LogP contribution in [0.2, 0.25) is 0 Å². The van der Waals surface area contributed by atoms with Crippen LogP contribution >= 0.6 is 0 Å². The van der Waals surface area contributed by atoms with Crippen LogP contribution in [-0.4, -0.2) is 17.4 Å². The topological polar surface area (TPSA) is 20.3 Å². The molecule has 16 heavy (non-hydrogen) atoms. The van der Waals surface area contributed by atoms with E-state index in [1.54, 1.807) is 23.1 Å². The fourth-order valence-electron chi connectivity index (χ4n) is 1.44. The molecule has 0 saturated heterocycles. The Balaban J connectivity index is 4.85. The third-order valence-electron chi connectivity index (χ3n) is 2.11. The predicted molar refractivity (Wildman–Crippen MR) is 69.9 cm³/mol. The first kappa shape index (κ1) is 14.7. The Bertz CT molecular complexity index is 294. The van der Waals surface area contributed by atoms with Crippen LogP contribution in [-0.2, 0) is 4.79 Å². The number of nitrogens with zero attached hydrogens (tertiary/aromatic N) is 1. The normalized spacial score (nSPS) is 12.1. The van der Waals surface area contributed by atoms with Crippen molar-refractivity contribution in [3.8, 4) is 0 Å². The molecule has 0 fully saturated rings. The first-order valence-corrected chi connectivity index (χ1v) is 5.61. The second-order valence-electron chi connectivity index (χ2n) is 4.91. The summed E-state index contributed by atoms with van der Waals surface area (Å²) in [5, 5.41) is 0. The quantitative estimate of drug-likeness (QED) is 0.650. The van der Waals surface area contributed by atoms with Crippen LogP contribution in [0, 0.1) is 5.41 Å². The minimum Gasteiger partial charge on any atom is -0.313 e. The standard InChI is InChI=1S/C14H23NO/c1-7-10-12(8-2)15(9-3)13(16)11-14(4,5)6/h7-8,10H,1-2,9,11H2,3-6H3. The fourth-order valence-corrected chi connectivity index (χ4v) is 1.44. The van der Waals surface area contributed by atoms with Crippen molar-refractivity contribution in [1.82, 2.24) is 4.90 Å². The van der Waals surface area contributed by atoms with E-state index in [1.807, 2.05) is 6.92 Å². The maximum absolute atomic E-state index is 12.1. The van der Waals surface area contributed by atoms with E-state index in [9.17, 15) is 4.79 Å². The summed E-state index contributed by atoms with van der Waals surface area (Å²) in [4.78, 5) is 13.8. The lowest BCUT2D eigenvalue weighted by atomic mass is 9.91. The molecular weight excluding hydrogens is 198 g/mol. The number of carbonyl (C=O) groups excluding carboxylic acids is 1. The summed E-state index contributed by atoms with van der Waals surface area (Å²) in [6, 6.07) is 0. The van der Waals surface area contributed by atoms with Crippen LogP contribution in [0.1, 0.15) is 34.1 Å². The Morgan fingerprint density at radius 1 is 1.31 bits per heavy atom. The Labute approximate surface area is 99.3 Å². The van der Waals surface area contributed by atoms with E-state index >= 15 is 0 Å². The Morgan fingerprint density at radius 3 is 2.19 bits per heavy atom. The van der Waals surface area contributed by atoms with Crippen molar-refractivity contribution in [2.24, 2.45) is 5.41 Å². The summed E-state index contributed by atoms with van der Waals surface area (Å²) in [6.07, 6.45) is 5.69. The van der Waals surface area contributed by atoms with Gasteiger partial charge in [0, 0.05) is 18.7 Å². The van der Waals surface area contributed by atoms with Gasteiger partial charge in [-0.2, -0.15) is 0 Å². The van der Waals surface area contributed by atoms with Crippen LogP contribution in [0.4, 0.5) is 0 Å². The molecule has 0 rings (SSSR count). The molecule has 0 saturated carbocycles. The summed E-state index contributed by atoms with van der Waals surface area (Å²) in [7, 11) is 0. The summed E-state index contributed by atoms with van der Waals surface area (Å²) < 4.78 is 0. The van der Waals surface area contributed by atoms with E-state index in [2.05, 4.69) is 33.9 Å². The molecule has 0 aromatic heterocycles. The van der Waals surface area contributed by atoms with Gasteiger partial charge in [0.05, 0.1) is 0 Å². The van der Waals surface area contributed by atoms with Crippen LogP contribution in [0.25, 0.3) is 0 Å². The minimum absolute atomic E-state index is 0.00492. The molecule has 0 atom stereocenters. The Hall–Kier alpha value is -1.31. The zero-order valence-corrected chi connectivity index (χ0v) is 10.9. The zero-order valence-electron chi connectivity index (χ0n) is 10.9. The molecule has 0 radical (unpaired) electrons. The number of hydrogen-bond donors (Lipinski definition) is 0. The lowest BCUT2D eigenvalue weighted by Gasteiger charge is -2.26. The number of hydrogen-bond acceptors (Lipinski definition) is 1. The fraction of sp³-hybridized carbons (Fsp3) is 0.500. The van der Waals surface area contributed by atoms with Crippen molar-refractivity contribution in [2.75, 3.05) is 6.54 Å². The number of rotatable bonds is 5. The highest BCUT2D eigenvalue weighted by atomic mass is 16.2. The van der Waals surface area contributed by atoms with Crippen molar-refractivity contribution < 1.29 is 4.79 Å². The predicted octanol–water partition coefficient (Wildman–Crippen LogP) is 3.53. The van der Waals surface area contributed by atoms with Gasteiger partial charge in [0.2, 0.25) is 5.91 Å². The largest absolute Gasteiger partial charge is 0.313 e. The highest BCUT2D eigenvalue weighted by Gasteiger charge is 2.21. The number of likely N-dealkylation sites (N-methyl/N-ethyl adjacent to an activating group) is 1. The van der Waals surface area contributed by atoms with E-state index in [0.717, 1.165) is 5.70 Å². The third kappa shape index (κ3) is 4.96. The summed E-state index contributed by atoms with van der Waals surface area (Å²) in [5.41, 5.74) is 0.817. The van der Waals surface area contributed by atoms with Gasteiger partial charge in [0.15, 0.2) is 0 Å². The maximum atomic E-state index is 12.1. The minimum atomic E-state index is 0.00492. The SMILES string of the molecule is C=CC=C(C=C)N(CC)C(=O)CC(C)(C)C. The molecular formula is C14H23NO. The highest BCUT2D eigenvalue weighted by Crippen LogP contribution is 2.21. The molecule has 0 aromatic rings. The maximum Gasteiger partial charge on any atom is 0.227 e. The molecule has 0 aliphatic rings. The molecule has 2 heteroatoms. The molecule has 0 aliphatic heterocycles. The van der Waals surface area contributed by atoms with Crippen molar-refractivity contribution in [2.45, 2.75) is 34.1 Å². The molecule has 90 valence electrons. The van der Waals surface area contributed by atoms with Crippen molar-refractivity contribution in [1.29, 1.82) is 0 Å². The van der Waals surface area contributed by atoms with Crippen LogP contribution < -0.4 is 0 Å². The molecule has 0 unspecified atom stereocenters. The molecule has 0 spiro atoms. The molecule has 0 aliphatic carbocycles. The van der Waals surface area contributed by atoms with Crippen LogP contribution in [0.15, 0.2) is 37.1 Å².